The number of aryl methyl sites for hydroxylation is 1. The van der Waals surface area contributed by atoms with Crippen molar-refractivity contribution in [3.8, 4) is 11.8 Å². The molecule has 1 fully saturated rings. The largest absolute Gasteiger partial charge is 0.492 e. The molecule has 0 aliphatic carbocycles. The van der Waals surface area contributed by atoms with E-state index in [9.17, 15) is 0 Å². The smallest absolute Gasteiger partial charge is 0.151 e. The minimum Gasteiger partial charge on any atom is -0.492 e. The van der Waals surface area contributed by atoms with Crippen LogP contribution in [0.15, 0.2) is 36.4 Å². The van der Waals surface area contributed by atoms with Crippen molar-refractivity contribution in [1.82, 2.24) is 15.5 Å². The third-order valence-electron chi connectivity index (χ3n) is 4.30. The molecule has 0 bridgehead atoms. The van der Waals surface area contributed by atoms with Crippen LogP contribution in [0.25, 0.3) is 0 Å². The van der Waals surface area contributed by atoms with Crippen LogP contribution < -0.4 is 15.0 Å². The zero-order valence-electron chi connectivity index (χ0n) is 14.5. The second kappa shape index (κ2) is 8.45. The average molecular weight is 337 g/mol. The Bertz CT molecular complexity index is 725. The second-order valence-corrected chi connectivity index (χ2v) is 6.26. The molecule has 1 aromatic heterocycles. The highest BCUT2D eigenvalue weighted by Crippen LogP contribution is 2.17. The van der Waals surface area contributed by atoms with E-state index in [2.05, 4.69) is 26.5 Å². The summed E-state index contributed by atoms with van der Waals surface area (Å²) in [5, 5.41) is 20.9. The van der Waals surface area contributed by atoms with Crippen LogP contribution in [0, 0.1) is 18.3 Å². The zero-order valence-corrected chi connectivity index (χ0v) is 14.5. The van der Waals surface area contributed by atoms with Crippen molar-refractivity contribution >= 4 is 5.82 Å². The quantitative estimate of drug-likeness (QED) is 0.815. The van der Waals surface area contributed by atoms with E-state index in [1.54, 1.807) is 12.1 Å². The van der Waals surface area contributed by atoms with Crippen molar-refractivity contribution in [1.29, 1.82) is 5.26 Å². The summed E-state index contributed by atoms with van der Waals surface area (Å²) in [4.78, 5) is 2.28. The summed E-state index contributed by atoms with van der Waals surface area (Å²) in [5.41, 5.74) is 1.56. The van der Waals surface area contributed by atoms with Crippen LogP contribution in [-0.2, 0) is 0 Å². The zero-order chi connectivity index (χ0) is 17.5. The topological polar surface area (TPSA) is 74.1 Å². The first-order valence-electron chi connectivity index (χ1n) is 8.66. The average Bonchev–Trinajstić information content (AvgIpc) is 2.66. The summed E-state index contributed by atoms with van der Waals surface area (Å²) in [7, 11) is 0. The highest BCUT2D eigenvalue weighted by molar-refractivity contribution is 5.38. The maximum Gasteiger partial charge on any atom is 0.151 e. The van der Waals surface area contributed by atoms with Gasteiger partial charge in [-0.1, -0.05) is 6.07 Å². The number of hydrogen-bond donors (Lipinski definition) is 1. The number of rotatable bonds is 6. The van der Waals surface area contributed by atoms with Crippen LogP contribution in [0.3, 0.4) is 0 Å². The molecule has 6 heteroatoms. The predicted molar refractivity (Wildman–Crippen MR) is 96.7 cm³/mol. The van der Waals surface area contributed by atoms with Crippen LogP contribution >= 0.6 is 0 Å². The van der Waals surface area contributed by atoms with Crippen LogP contribution in [0.1, 0.15) is 24.1 Å². The lowest BCUT2D eigenvalue weighted by molar-refractivity contribution is 0.297. The highest BCUT2D eigenvalue weighted by atomic mass is 16.5. The molecule has 130 valence electrons. The molecule has 2 aromatic rings. The molecule has 0 radical (unpaired) electrons. The van der Waals surface area contributed by atoms with Crippen molar-refractivity contribution in [2.75, 3.05) is 31.1 Å². The van der Waals surface area contributed by atoms with Gasteiger partial charge in [0, 0.05) is 25.7 Å². The summed E-state index contributed by atoms with van der Waals surface area (Å²) in [6.45, 7) is 5.25. The Labute approximate surface area is 148 Å². The lowest BCUT2D eigenvalue weighted by Gasteiger charge is -2.33. The molecule has 1 aliphatic rings. The van der Waals surface area contributed by atoms with Gasteiger partial charge in [-0.2, -0.15) is 10.4 Å². The fourth-order valence-corrected chi connectivity index (χ4v) is 3.00. The Kier molecular flexibility index (Phi) is 5.81. The fraction of sp³-hybridized carbons (Fsp3) is 0.421. The molecule has 1 aromatic carbocycles. The van der Waals surface area contributed by atoms with E-state index in [1.807, 2.05) is 31.2 Å². The van der Waals surface area contributed by atoms with Crippen molar-refractivity contribution < 1.29 is 4.74 Å². The van der Waals surface area contributed by atoms with E-state index in [1.165, 1.54) is 0 Å². The summed E-state index contributed by atoms with van der Waals surface area (Å²) in [5.74, 6) is 1.68. The van der Waals surface area contributed by atoms with Gasteiger partial charge in [-0.3, -0.25) is 0 Å². The number of benzene rings is 1. The highest BCUT2D eigenvalue weighted by Gasteiger charge is 2.20. The molecule has 1 saturated heterocycles. The van der Waals surface area contributed by atoms with E-state index in [4.69, 9.17) is 10.00 Å². The monoisotopic (exact) mass is 337 g/mol. The molecular weight excluding hydrogens is 314 g/mol. The van der Waals surface area contributed by atoms with Gasteiger partial charge >= 0.3 is 0 Å². The normalized spacial score (nSPS) is 17.1. The van der Waals surface area contributed by atoms with Crippen LogP contribution in [0.5, 0.6) is 5.75 Å². The first-order chi connectivity index (χ1) is 12.2. The van der Waals surface area contributed by atoms with Gasteiger partial charge in [0.1, 0.15) is 12.4 Å². The minimum absolute atomic E-state index is 0.422. The number of nitrogens with one attached hydrogen (secondary N) is 1. The van der Waals surface area contributed by atoms with Gasteiger partial charge in [0.25, 0.3) is 0 Å². The summed E-state index contributed by atoms with van der Waals surface area (Å²) in [6, 6.07) is 13.8. The molecule has 2 heterocycles. The number of hydrogen-bond acceptors (Lipinski definition) is 6. The number of anilines is 1. The molecular formula is C19H23N5O. The van der Waals surface area contributed by atoms with Crippen LogP contribution in [0.2, 0.25) is 0 Å². The molecule has 6 nitrogen and oxygen atoms in total. The van der Waals surface area contributed by atoms with Crippen molar-refractivity contribution in [2.45, 2.75) is 25.8 Å². The molecule has 1 atom stereocenters. The van der Waals surface area contributed by atoms with E-state index in [0.29, 0.717) is 18.2 Å². The van der Waals surface area contributed by atoms with Gasteiger partial charge in [-0.25, -0.2) is 0 Å². The Balaban J connectivity index is 1.43. The van der Waals surface area contributed by atoms with Gasteiger partial charge in [-0.05, 0) is 50.1 Å². The van der Waals surface area contributed by atoms with Gasteiger partial charge in [0.05, 0.1) is 17.3 Å². The molecule has 0 unspecified atom stereocenters. The summed E-state index contributed by atoms with van der Waals surface area (Å²) >= 11 is 0. The number of aromatic nitrogens is 2. The van der Waals surface area contributed by atoms with Crippen LogP contribution in [0.4, 0.5) is 5.82 Å². The molecule has 0 amide bonds. The lowest BCUT2D eigenvalue weighted by Crippen LogP contribution is -2.47. The number of ether oxygens (including phenoxy) is 1. The second-order valence-electron chi connectivity index (χ2n) is 6.26. The number of piperidine rings is 1. The standard InChI is InChI=1S/C19H23N5O/c1-15-7-8-19(23-22-15)24-10-3-5-17(14-24)21-9-11-25-18-6-2-4-16(12-18)13-20/h2,4,6-8,12,17,21H,3,5,9-11,14H2,1H3/t17-/m0/s1. The maximum absolute atomic E-state index is 8.91. The van der Waals surface area contributed by atoms with E-state index >= 15 is 0 Å². The molecule has 0 saturated carbocycles. The van der Waals surface area contributed by atoms with Crippen molar-refractivity contribution in [3.63, 3.8) is 0 Å². The molecule has 25 heavy (non-hydrogen) atoms. The fourth-order valence-electron chi connectivity index (χ4n) is 3.00. The third kappa shape index (κ3) is 4.91. The molecule has 3 rings (SSSR count). The minimum atomic E-state index is 0.422. The SMILES string of the molecule is Cc1ccc(N2CCC[C@H](NCCOc3cccc(C#N)c3)C2)nn1. The Morgan fingerprint density at radius 2 is 2.24 bits per heavy atom. The molecule has 1 aliphatic heterocycles. The predicted octanol–water partition coefficient (Wildman–Crippen LogP) is 2.29. The summed E-state index contributed by atoms with van der Waals surface area (Å²) in [6.07, 6.45) is 2.29. The van der Waals surface area contributed by atoms with E-state index in [-0.39, 0.29) is 0 Å². The molecule has 0 spiro atoms. The first-order valence-corrected chi connectivity index (χ1v) is 8.66. The Morgan fingerprint density at radius 1 is 1.32 bits per heavy atom. The first kappa shape index (κ1) is 17.2. The third-order valence-corrected chi connectivity index (χ3v) is 4.30. The van der Waals surface area contributed by atoms with Gasteiger partial charge in [-0.15, -0.1) is 5.10 Å². The van der Waals surface area contributed by atoms with Crippen molar-refractivity contribution in [2.24, 2.45) is 0 Å². The number of nitriles is 1. The Hall–Kier alpha value is -2.65. The lowest BCUT2D eigenvalue weighted by atomic mass is 10.1. The number of nitrogens with zero attached hydrogens (tertiary/aromatic N) is 4. The van der Waals surface area contributed by atoms with Crippen molar-refractivity contribution in [3.05, 3.63) is 47.7 Å². The maximum atomic E-state index is 8.91. The van der Waals surface area contributed by atoms with E-state index in [0.717, 1.165) is 49.7 Å². The van der Waals surface area contributed by atoms with Gasteiger partial charge in [0.2, 0.25) is 0 Å². The Morgan fingerprint density at radius 3 is 3.04 bits per heavy atom. The van der Waals surface area contributed by atoms with Gasteiger partial charge < -0.3 is 15.0 Å². The molecule has 1 N–H and O–H groups in total. The van der Waals surface area contributed by atoms with Crippen LogP contribution in [-0.4, -0.2) is 42.5 Å². The summed E-state index contributed by atoms with van der Waals surface area (Å²) < 4.78 is 5.71. The van der Waals surface area contributed by atoms with Gasteiger partial charge in [0.15, 0.2) is 5.82 Å². The van der Waals surface area contributed by atoms with E-state index < -0.39 is 0 Å².